The number of fused-ring (bicyclic) bond motifs is 3. The van der Waals surface area contributed by atoms with Crippen molar-refractivity contribution in [2.45, 2.75) is 232 Å². The minimum absolute atomic E-state index is 0.0118. The third kappa shape index (κ3) is 16.8. The molecule has 13 nitrogen and oxygen atoms in total. The van der Waals surface area contributed by atoms with Crippen LogP contribution in [0.2, 0.25) is 0 Å². The molecule has 13 heteroatoms. The molecule has 0 radical (unpaired) electrons. The Morgan fingerprint density at radius 1 is 0.505 bits per heavy atom. The van der Waals surface area contributed by atoms with Gasteiger partial charge in [0.25, 0.3) is 0 Å². The maximum absolute atomic E-state index is 14.3. The molecule has 6 fully saturated rings. The van der Waals surface area contributed by atoms with Crippen LogP contribution < -0.4 is 35.9 Å². The Labute approximate surface area is 561 Å². The number of rotatable bonds is 18. The largest absolute Gasteiger partial charge is 0.497 e. The van der Waals surface area contributed by atoms with Crippen LogP contribution in [0, 0.1) is 107 Å². The van der Waals surface area contributed by atoms with E-state index in [2.05, 4.69) is 92.1 Å². The van der Waals surface area contributed by atoms with E-state index in [1.54, 1.807) is 21.3 Å². The number of Topliss-reactive ketones (excluding diaryl/α,β-unsaturated/α-hetero) is 4. The fraction of sp³-hybridized carbons (Fsp3) is 0.713. The summed E-state index contributed by atoms with van der Waals surface area (Å²) in [6.45, 7) is 42.3. The van der Waals surface area contributed by atoms with E-state index < -0.39 is 5.60 Å². The first-order valence-electron chi connectivity index (χ1n) is 35.7. The van der Waals surface area contributed by atoms with Crippen molar-refractivity contribution < 1.29 is 42.9 Å². The highest BCUT2D eigenvalue weighted by Gasteiger charge is 2.61. The number of carbonyl (C=O) groups is 5. The predicted molar refractivity (Wildman–Crippen MR) is 377 cm³/mol. The number of alkyl carbamates (subject to hydrolysis) is 1. The molecular formula is C80H124N4O9. The summed E-state index contributed by atoms with van der Waals surface area (Å²) in [4.78, 5) is 66.8. The minimum atomic E-state index is -0.498. The topological polar surface area (TPSA) is 184 Å². The third-order valence-electron chi connectivity index (χ3n) is 24.4. The van der Waals surface area contributed by atoms with E-state index in [-0.39, 0.29) is 103 Å². The molecule has 0 aromatic heterocycles. The highest BCUT2D eigenvalue weighted by atomic mass is 16.6. The zero-order valence-corrected chi connectivity index (χ0v) is 61.5. The van der Waals surface area contributed by atoms with E-state index in [9.17, 15) is 24.0 Å². The van der Waals surface area contributed by atoms with Crippen molar-refractivity contribution in [3.05, 3.63) is 88.0 Å². The number of carbonyl (C=O) groups excluding carboxylic acids is 5. The molecule has 3 aromatic rings. The molecule has 0 bridgehead atoms. The molecule has 1 amide bonds. The Kier molecular flexibility index (Phi) is 24.4. The lowest BCUT2D eigenvalue weighted by molar-refractivity contribution is -0.143. The average molecular weight is 1290 g/mol. The second kappa shape index (κ2) is 30.1. The number of nitrogens with one attached hydrogen (secondary N) is 3. The molecule has 0 saturated heterocycles. The molecule has 5 N–H and O–H groups in total. The SMILES string of the molecule is COc1cc(C)cc(C(=O)[C@H]2[C@@H](C)C(=O)C[C@H]3C(C)(C)CCC[C@]23C)c1.COc1cc(C)cc(C(=O)[C@H]2[C@@H](C)C(NCCCNC(=O)OC(C)(C)C)C[C@H]3C(C)(C)CCC[C@]23C)c1.COc1cc(C)cc(C(=O)[C@H]2[C@H](C)C(NCCCN)C[C@H]3C(C)(C)CCC[C@]23C)c1. The van der Waals surface area contributed by atoms with Crippen LogP contribution in [0.4, 0.5) is 4.79 Å². The molecule has 9 rings (SSSR count). The molecular weight excluding hydrogens is 1160 g/mol. The number of nitrogens with two attached hydrogens (primary N) is 1. The van der Waals surface area contributed by atoms with Crippen LogP contribution in [0.3, 0.4) is 0 Å². The number of ketones is 4. The maximum atomic E-state index is 14.3. The molecule has 14 atom stereocenters. The number of hydrogen-bond acceptors (Lipinski definition) is 12. The first-order chi connectivity index (χ1) is 43.4. The van der Waals surface area contributed by atoms with Gasteiger partial charge in [-0.3, -0.25) is 19.2 Å². The Hall–Kier alpha value is -5.11. The summed E-state index contributed by atoms with van der Waals surface area (Å²) in [5.41, 5.74) is 11.0. The van der Waals surface area contributed by atoms with Gasteiger partial charge < -0.3 is 40.6 Å². The Morgan fingerprint density at radius 3 is 1.23 bits per heavy atom. The van der Waals surface area contributed by atoms with Crippen molar-refractivity contribution in [3.63, 3.8) is 0 Å². The lowest BCUT2D eigenvalue weighted by Crippen LogP contribution is -2.60. The van der Waals surface area contributed by atoms with Gasteiger partial charge in [-0.1, -0.05) is 102 Å². The predicted octanol–water partition coefficient (Wildman–Crippen LogP) is 16.8. The summed E-state index contributed by atoms with van der Waals surface area (Å²) in [5.74, 6) is 4.35. The van der Waals surface area contributed by atoms with Crippen LogP contribution in [0.5, 0.6) is 17.2 Å². The average Bonchev–Trinajstić information content (AvgIpc) is 0.741. The highest BCUT2D eigenvalue weighted by molar-refractivity contribution is 6.03. The second-order valence-electron chi connectivity index (χ2n) is 33.6. The number of aryl methyl sites for hydroxylation is 3. The molecule has 0 heterocycles. The Bertz CT molecular complexity index is 3110. The summed E-state index contributed by atoms with van der Waals surface area (Å²) >= 11 is 0. The first kappa shape index (κ1) is 75.3. The number of hydrogen-bond donors (Lipinski definition) is 4. The summed E-state index contributed by atoms with van der Waals surface area (Å²) in [5, 5.41) is 10.4. The van der Waals surface area contributed by atoms with Crippen molar-refractivity contribution in [3.8, 4) is 17.2 Å². The summed E-state index contributed by atoms with van der Waals surface area (Å²) in [7, 11) is 4.95. The normalized spacial score (nSPS) is 31.6. The van der Waals surface area contributed by atoms with Crippen LogP contribution in [0.1, 0.15) is 242 Å². The van der Waals surface area contributed by atoms with E-state index in [1.165, 1.54) is 25.7 Å². The van der Waals surface area contributed by atoms with Gasteiger partial charge >= 0.3 is 6.09 Å². The molecule has 6 aliphatic carbocycles. The molecule has 2 unspecified atom stereocenters. The fourth-order valence-corrected chi connectivity index (χ4v) is 20.0. The van der Waals surface area contributed by atoms with Gasteiger partial charge in [0.2, 0.25) is 0 Å². The van der Waals surface area contributed by atoms with Crippen LogP contribution in [0.15, 0.2) is 54.6 Å². The minimum Gasteiger partial charge on any atom is -0.497 e. The monoisotopic (exact) mass is 1280 g/mol. The Morgan fingerprint density at radius 2 is 0.860 bits per heavy atom. The van der Waals surface area contributed by atoms with E-state index in [1.807, 2.05) is 103 Å². The number of amides is 1. The Balaban J connectivity index is 0.000000201. The van der Waals surface area contributed by atoms with Gasteiger partial charge in [-0.25, -0.2) is 4.79 Å². The van der Waals surface area contributed by atoms with Gasteiger partial charge in [0, 0.05) is 65.4 Å². The third-order valence-corrected chi connectivity index (χ3v) is 24.4. The van der Waals surface area contributed by atoms with Gasteiger partial charge in [-0.2, -0.15) is 0 Å². The van der Waals surface area contributed by atoms with Crippen molar-refractivity contribution >= 4 is 29.2 Å². The molecule has 93 heavy (non-hydrogen) atoms. The van der Waals surface area contributed by atoms with Crippen LogP contribution in [-0.2, 0) is 9.53 Å². The summed E-state index contributed by atoms with van der Waals surface area (Å²) in [6, 6.07) is 18.2. The lowest BCUT2D eigenvalue weighted by Gasteiger charge is -2.60. The quantitative estimate of drug-likeness (QED) is 0.0699. The van der Waals surface area contributed by atoms with Crippen molar-refractivity contribution in [1.29, 1.82) is 0 Å². The maximum Gasteiger partial charge on any atom is 0.407 e. The fourth-order valence-electron chi connectivity index (χ4n) is 20.0. The highest BCUT2D eigenvalue weighted by Crippen LogP contribution is 2.64. The van der Waals surface area contributed by atoms with E-state index in [0.717, 1.165) is 110 Å². The van der Waals surface area contributed by atoms with Gasteiger partial charge in [0.1, 0.15) is 28.6 Å². The molecule has 6 saturated carbocycles. The first-order valence-corrected chi connectivity index (χ1v) is 35.7. The number of benzene rings is 3. The lowest BCUT2D eigenvalue weighted by atomic mass is 9.45. The zero-order valence-electron chi connectivity index (χ0n) is 61.5. The smallest absolute Gasteiger partial charge is 0.407 e. The van der Waals surface area contributed by atoms with Crippen LogP contribution >= 0.6 is 0 Å². The second-order valence-corrected chi connectivity index (χ2v) is 33.6. The van der Waals surface area contributed by atoms with Crippen LogP contribution in [0.25, 0.3) is 0 Å². The van der Waals surface area contributed by atoms with E-state index in [4.69, 9.17) is 24.7 Å². The van der Waals surface area contributed by atoms with E-state index >= 15 is 0 Å². The van der Waals surface area contributed by atoms with Gasteiger partial charge in [-0.15, -0.1) is 0 Å². The van der Waals surface area contributed by atoms with Crippen molar-refractivity contribution in [2.24, 2.45) is 91.5 Å². The molecule has 3 aromatic carbocycles. The zero-order chi connectivity index (χ0) is 69.0. The molecule has 0 spiro atoms. The van der Waals surface area contributed by atoms with Crippen molar-refractivity contribution in [2.75, 3.05) is 47.5 Å². The van der Waals surface area contributed by atoms with Crippen LogP contribution in [-0.4, -0.2) is 94.4 Å². The molecule has 518 valence electrons. The number of methoxy groups -OCH3 is 3. The standard InChI is InChI=1S/C31H50N2O4.C26H42N2O2.C23H32O3/c1-20-16-22(18-23(17-20)36-9)27(34)26-21(2)24(19-25-30(6,7)12-10-13-31(25,26)8)32-14-11-15-33-28(35)37-29(3,4)5;1-17-13-19(15-20(14-17)30-6)24(29)23-18(2)21(28-12-8-11-27)16-22-25(3,4)9-7-10-26(22,23)5;1-14-10-16(12-17(11-14)26-6)21(25)20-15(2)18(24)13-19-22(3,4)8-7-9-23(19,20)5/h16-18,21,24-26,32H,10-15,19H2,1-9H3,(H,33,35);13-15,18,21-23,28H,7-12,16,27H2,1-6H3;10-12,15,19-20H,7-9,13H2,1-6H3/t21-,24?,25-,26+,31-;18-,21?,22+,23-,26+;15-,19-,20+,23-/m010/s1. The molecule has 6 aliphatic rings. The van der Waals surface area contributed by atoms with Gasteiger partial charge in [0.05, 0.1) is 21.3 Å². The molecule has 0 aliphatic heterocycles. The van der Waals surface area contributed by atoms with Gasteiger partial charge in [0.15, 0.2) is 17.3 Å². The summed E-state index contributed by atoms with van der Waals surface area (Å²) < 4.78 is 21.7. The number of ether oxygens (including phenoxy) is 4. The van der Waals surface area contributed by atoms with Gasteiger partial charge in [-0.05, 0) is 259 Å². The van der Waals surface area contributed by atoms with Crippen molar-refractivity contribution in [1.82, 2.24) is 16.0 Å². The summed E-state index contributed by atoms with van der Waals surface area (Å²) in [6.07, 6.45) is 14.6. The van der Waals surface area contributed by atoms with E-state index in [0.29, 0.717) is 54.5 Å².